The Morgan fingerprint density at radius 3 is 2.45 bits per heavy atom. The maximum atomic E-state index is 4.75. The van der Waals surface area contributed by atoms with Crippen LogP contribution < -0.4 is 0 Å². The van der Waals surface area contributed by atoms with Gasteiger partial charge in [0, 0.05) is 22.8 Å². The summed E-state index contributed by atoms with van der Waals surface area (Å²) in [5.41, 5.74) is 4.29. The Morgan fingerprint density at radius 1 is 1.10 bits per heavy atom. The number of aromatic nitrogens is 3. The molecule has 2 heterocycles. The van der Waals surface area contributed by atoms with E-state index in [-0.39, 0.29) is 0 Å². The van der Waals surface area contributed by atoms with Gasteiger partial charge >= 0.3 is 0 Å². The average molecular weight is 330 g/mol. The van der Waals surface area contributed by atoms with Crippen molar-refractivity contribution < 1.29 is 0 Å². The summed E-state index contributed by atoms with van der Waals surface area (Å²) in [5.74, 6) is 0.787. The van der Waals surface area contributed by atoms with Crippen LogP contribution in [0.3, 0.4) is 0 Å². The molecule has 20 heavy (non-hydrogen) atoms. The Kier molecular flexibility index (Phi) is 3.34. The van der Waals surface area contributed by atoms with E-state index in [0.29, 0.717) is 0 Å². The first kappa shape index (κ1) is 13.3. The van der Waals surface area contributed by atoms with Crippen LogP contribution in [0, 0.1) is 13.8 Å². The number of rotatable bonds is 2. The summed E-state index contributed by atoms with van der Waals surface area (Å²) in [6, 6.07) is 8.33. The molecular weight excluding hydrogens is 314 g/mol. The second-order valence-corrected chi connectivity index (χ2v) is 5.81. The number of benzene rings is 1. The number of fused-ring (bicyclic) bond motifs is 1. The number of nitrogens with zero attached hydrogens (tertiary/aromatic N) is 3. The van der Waals surface area contributed by atoms with E-state index in [1.54, 1.807) is 0 Å². The summed E-state index contributed by atoms with van der Waals surface area (Å²) in [4.78, 5) is 9.40. The molecule has 0 saturated heterocycles. The highest BCUT2D eigenvalue weighted by Gasteiger charge is 2.13. The van der Waals surface area contributed by atoms with Gasteiger partial charge in [0.15, 0.2) is 5.82 Å². The summed E-state index contributed by atoms with van der Waals surface area (Å²) in [7, 11) is 0. The van der Waals surface area contributed by atoms with Crippen molar-refractivity contribution in [2.75, 3.05) is 0 Å². The fourth-order valence-electron chi connectivity index (χ4n) is 2.38. The molecule has 0 amide bonds. The third-order valence-corrected chi connectivity index (χ3v) is 4.10. The lowest BCUT2D eigenvalue weighted by atomic mass is 10.1. The minimum Gasteiger partial charge on any atom is -0.331 e. The van der Waals surface area contributed by atoms with E-state index in [1.165, 1.54) is 5.56 Å². The van der Waals surface area contributed by atoms with Gasteiger partial charge in [-0.05, 0) is 36.7 Å². The van der Waals surface area contributed by atoms with Gasteiger partial charge in [-0.2, -0.15) is 0 Å². The topological polar surface area (TPSA) is 30.7 Å². The maximum absolute atomic E-state index is 4.75. The van der Waals surface area contributed by atoms with Gasteiger partial charge in [0.25, 0.3) is 0 Å². The number of hydrogen-bond acceptors (Lipinski definition) is 2. The average Bonchev–Trinajstić information content (AvgIpc) is 2.76. The lowest BCUT2D eigenvalue weighted by Gasteiger charge is -2.06. The van der Waals surface area contributed by atoms with Gasteiger partial charge in [0.05, 0.1) is 11.1 Å². The van der Waals surface area contributed by atoms with Crippen LogP contribution >= 0.6 is 15.9 Å². The first-order valence-electron chi connectivity index (χ1n) is 6.70. The van der Waals surface area contributed by atoms with E-state index < -0.39 is 0 Å². The Balaban J connectivity index is 2.25. The summed E-state index contributed by atoms with van der Waals surface area (Å²) >= 11 is 3.60. The fraction of sp³-hybridized carbons (Fsp3) is 0.250. The Hall–Kier alpha value is -1.68. The van der Waals surface area contributed by atoms with Gasteiger partial charge in [0.2, 0.25) is 0 Å². The largest absolute Gasteiger partial charge is 0.331 e. The molecule has 0 radical (unpaired) electrons. The number of aryl methyl sites for hydroxylation is 3. The van der Waals surface area contributed by atoms with Gasteiger partial charge in [-0.1, -0.05) is 29.8 Å². The summed E-state index contributed by atoms with van der Waals surface area (Å²) in [6.45, 7) is 7.13. The van der Waals surface area contributed by atoms with Crippen LogP contribution in [0.1, 0.15) is 18.2 Å². The predicted molar refractivity (Wildman–Crippen MR) is 85.8 cm³/mol. The van der Waals surface area contributed by atoms with Crippen molar-refractivity contribution in [3.8, 4) is 11.4 Å². The molecule has 3 nitrogen and oxygen atoms in total. The summed E-state index contributed by atoms with van der Waals surface area (Å²) in [6.07, 6.45) is 2.07. The van der Waals surface area contributed by atoms with Gasteiger partial charge in [0.1, 0.15) is 5.65 Å². The Labute approximate surface area is 126 Å². The minimum atomic E-state index is 0.787. The molecular formula is C16H16BrN3. The molecule has 4 heteroatoms. The number of halogens is 1. The smallest absolute Gasteiger partial charge is 0.161 e. The zero-order valence-electron chi connectivity index (χ0n) is 11.8. The van der Waals surface area contributed by atoms with Crippen LogP contribution in [-0.4, -0.2) is 14.5 Å². The van der Waals surface area contributed by atoms with Crippen LogP contribution in [0.25, 0.3) is 22.4 Å². The van der Waals surface area contributed by atoms with Crippen LogP contribution in [0.15, 0.2) is 34.9 Å². The molecule has 2 aromatic heterocycles. The van der Waals surface area contributed by atoms with E-state index in [9.17, 15) is 0 Å². The molecule has 0 atom stereocenters. The molecule has 3 rings (SSSR count). The highest BCUT2D eigenvalue weighted by atomic mass is 79.9. The van der Waals surface area contributed by atoms with Crippen molar-refractivity contribution in [3.05, 3.63) is 46.2 Å². The van der Waals surface area contributed by atoms with E-state index >= 15 is 0 Å². The molecule has 102 valence electrons. The third-order valence-electron chi connectivity index (χ3n) is 3.50. The van der Waals surface area contributed by atoms with Crippen molar-refractivity contribution in [2.24, 2.45) is 0 Å². The van der Waals surface area contributed by atoms with Crippen molar-refractivity contribution in [1.82, 2.24) is 14.5 Å². The second-order valence-electron chi connectivity index (χ2n) is 4.96. The normalized spacial score (nSPS) is 11.2. The van der Waals surface area contributed by atoms with Gasteiger partial charge in [-0.3, -0.25) is 0 Å². The lowest BCUT2D eigenvalue weighted by molar-refractivity contribution is 0.785. The van der Waals surface area contributed by atoms with Crippen molar-refractivity contribution in [3.63, 3.8) is 0 Å². The molecule has 0 unspecified atom stereocenters. The zero-order valence-corrected chi connectivity index (χ0v) is 13.4. The molecule has 3 aromatic rings. The van der Waals surface area contributed by atoms with E-state index in [0.717, 1.165) is 39.1 Å². The molecule has 0 aliphatic carbocycles. The molecule has 0 N–H and O–H groups in total. The summed E-state index contributed by atoms with van der Waals surface area (Å²) < 4.78 is 3.20. The molecule has 0 aliphatic heterocycles. The van der Waals surface area contributed by atoms with Crippen LogP contribution in [0.2, 0.25) is 0 Å². The quantitative estimate of drug-likeness (QED) is 0.693. The predicted octanol–water partition coefficient (Wildman–Crippen LogP) is 4.50. The monoisotopic (exact) mass is 329 g/mol. The van der Waals surface area contributed by atoms with E-state index in [4.69, 9.17) is 4.98 Å². The Morgan fingerprint density at radius 2 is 1.80 bits per heavy atom. The van der Waals surface area contributed by atoms with Crippen molar-refractivity contribution in [2.45, 2.75) is 27.3 Å². The first-order chi connectivity index (χ1) is 9.60. The third kappa shape index (κ3) is 2.14. The molecule has 0 spiro atoms. The minimum absolute atomic E-state index is 0.787. The SMILES string of the molecule is CCn1cc(Br)c2c(C)nc(-c3ccc(C)cc3)nc21. The highest BCUT2D eigenvalue weighted by Crippen LogP contribution is 2.29. The van der Waals surface area contributed by atoms with Gasteiger partial charge in [-0.25, -0.2) is 9.97 Å². The van der Waals surface area contributed by atoms with Crippen LogP contribution in [0.5, 0.6) is 0 Å². The number of hydrogen-bond donors (Lipinski definition) is 0. The second kappa shape index (κ2) is 5.02. The molecule has 0 bridgehead atoms. The van der Waals surface area contributed by atoms with E-state index in [2.05, 4.69) is 69.8 Å². The molecule has 0 saturated carbocycles. The van der Waals surface area contributed by atoms with Crippen molar-refractivity contribution >= 4 is 27.0 Å². The highest BCUT2D eigenvalue weighted by molar-refractivity contribution is 9.10. The first-order valence-corrected chi connectivity index (χ1v) is 7.49. The molecule has 1 aromatic carbocycles. The van der Waals surface area contributed by atoms with Crippen molar-refractivity contribution in [1.29, 1.82) is 0 Å². The molecule has 0 fully saturated rings. The van der Waals surface area contributed by atoms with Crippen LogP contribution in [-0.2, 0) is 6.54 Å². The van der Waals surface area contributed by atoms with E-state index in [1.807, 2.05) is 6.92 Å². The van der Waals surface area contributed by atoms with Crippen LogP contribution in [0.4, 0.5) is 0 Å². The van der Waals surface area contributed by atoms with Gasteiger partial charge < -0.3 is 4.57 Å². The Bertz CT molecular complexity index is 773. The summed E-state index contributed by atoms with van der Waals surface area (Å²) in [5, 5.41) is 1.10. The maximum Gasteiger partial charge on any atom is 0.161 e. The zero-order chi connectivity index (χ0) is 14.3. The fourth-order valence-corrected chi connectivity index (χ4v) is 3.09. The molecule has 0 aliphatic rings. The lowest BCUT2D eigenvalue weighted by Crippen LogP contribution is -1.98. The standard InChI is InChI=1S/C16H16BrN3/c1-4-20-9-13(17)14-11(3)18-15(19-16(14)20)12-7-5-10(2)6-8-12/h5-9H,4H2,1-3H3. The van der Waals surface area contributed by atoms with Gasteiger partial charge in [-0.15, -0.1) is 0 Å².